The van der Waals surface area contributed by atoms with Crippen molar-refractivity contribution in [2.45, 2.75) is 11.8 Å². The van der Waals surface area contributed by atoms with Crippen LogP contribution in [0.15, 0.2) is 42.5 Å². The lowest BCUT2D eigenvalue weighted by atomic mass is 9.78. The van der Waals surface area contributed by atoms with E-state index in [-0.39, 0.29) is 11.6 Å². The fourth-order valence-corrected chi connectivity index (χ4v) is 4.38. The van der Waals surface area contributed by atoms with E-state index in [1.54, 1.807) is 30.3 Å². The van der Waals surface area contributed by atoms with Crippen molar-refractivity contribution in [3.8, 4) is 0 Å². The summed E-state index contributed by atoms with van der Waals surface area (Å²) in [6.45, 7) is 0. The summed E-state index contributed by atoms with van der Waals surface area (Å²) in [5.74, 6) is -0.657. The minimum atomic E-state index is -0.569. The van der Waals surface area contributed by atoms with E-state index in [1.165, 1.54) is 12.1 Å². The van der Waals surface area contributed by atoms with Crippen LogP contribution in [0.25, 0.3) is 0 Å². The summed E-state index contributed by atoms with van der Waals surface area (Å²) in [7, 11) is 0. The van der Waals surface area contributed by atoms with Gasteiger partial charge in [0.2, 0.25) is 0 Å². The molecular formula is C16H13Br2ClF2. The van der Waals surface area contributed by atoms with Crippen molar-refractivity contribution >= 4 is 43.5 Å². The second-order valence-corrected chi connectivity index (χ2v) is 6.50. The van der Waals surface area contributed by atoms with Crippen LogP contribution in [0.2, 0.25) is 5.02 Å². The number of halogens is 5. The molecule has 0 aromatic heterocycles. The average molecular weight is 439 g/mol. The van der Waals surface area contributed by atoms with E-state index in [2.05, 4.69) is 31.9 Å². The Morgan fingerprint density at radius 1 is 0.952 bits per heavy atom. The minimum Gasteiger partial charge on any atom is -0.207 e. The lowest BCUT2D eigenvalue weighted by Gasteiger charge is -2.31. The summed E-state index contributed by atoms with van der Waals surface area (Å²) in [6.07, 6.45) is 0.368. The van der Waals surface area contributed by atoms with Crippen LogP contribution in [-0.4, -0.2) is 10.7 Å². The lowest BCUT2D eigenvalue weighted by Crippen LogP contribution is -2.34. The number of benzene rings is 2. The second kappa shape index (κ2) is 7.21. The molecule has 0 saturated carbocycles. The van der Waals surface area contributed by atoms with Crippen molar-refractivity contribution in [3.05, 3.63) is 70.2 Å². The highest BCUT2D eigenvalue weighted by Crippen LogP contribution is 2.35. The molecule has 0 aliphatic heterocycles. The molecule has 2 rings (SSSR count). The van der Waals surface area contributed by atoms with Crippen LogP contribution in [-0.2, 0) is 11.8 Å². The van der Waals surface area contributed by atoms with E-state index in [0.717, 1.165) is 0 Å². The van der Waals surface area contributed by atoms with E-state index < -0.39 is 5.41 Å². The van der Waals surface area contributed by atoms with Crippen LogP contribution in [0.3, 0.4) is 0 Å². The molecule has 5 heteroatoms. The summed E-state index contributed by atoms with van der Waals surface area (Å²) in [6, 6.07) is 11.2. The Bertz CT molecular complexity index is 627. The fourth-order valence-electron chi connectivity index (χ4n) is 2.29. The summed E-state index contributed by atoms with van der Waals surface area (Å²) >= 11 is 12.7. The van der Waals surface area contributed by atoms with Gasteiger partial charge >= 0.3 is 0 Å². The quantitative estimate of drug-likeness (QED) is 0.511. The Balaban J connectivity index is 2.46. The minimum absolute atomic E-state index is 0.286. The molecule has 0 spiro atoms. The summed E-state index contributed by atoms with van der Waals surface area (Å²) < 4.78 is 28.2. The van der Waals surface area contributed by atoms with E-state index in [4.69, 9.17) is 11.6 Å². The lowest BCUT2D eigenvalue weighted by molar-refractivity contribution is 0.487. The molecule has 0 bridgehead atoms. The molecule has 0 aliphatic carbocycles. The van der Waals surface area contributed by atoms with Gasteiger partial charge in [0, 0.05) is 21.1 Å². The molecule has 0 radical (unpaired) electrons. The molecule has 0 amide bonds. The smallest absolute Gasteiger partial charge is 0.127 e. The molecule has 0 N–H and O–H groups in total. The van der Waals surface area contributed by atoms with Gasteiger partial charge in [-0.15, -0.1) is 0 Å². The highest BCUT2D eigenvalue weighted by Gasteiger charge is 2.33. The van der Waals surface area contributed by atoms with E-state index >= 15 is 0 Å². The molecule has 0 saturated heterocycles. The highest BCUT2D eigenvalue weighted by molar-refractivity contribution is 9.09. The normalized spacial score (nSPS) is 11.7. The first-order valence-electron chi connectivity index (χ1n) is 6.33. The van der Waals surface area contributed by atoms with Gasteiger partial charge < -0.3 is 0 Å². The van der Waals surface area contributed by atoms with Crippen LogP contribution in [0, 0.1) is 11.6 Å². The molecule has 112 valence electrons. The number of hydrogen-bond donors (Lipinski definition) is 0. The molecule has 0 heterocycles. The molecular weight excluding hydrogens is 425 g/mol. The first-order valence-corrected chi connectivity index (χ1v) is 8.95. The van der Waals surface area contributed by atoms with Gasteiger partial charge in [-0.25, -0.2) is 8.78 Å². The molecule has 2 aromatic rings. The highest BCUT2D eigenvalue weighted by atomic mass is 79.9. The predicted octanol–water partition coefficient (Wildman–Crippen LogP) is 5.89. The van der Waals surface area contributed by atoms with Crippen molar-refractivity contribution in [1.82, 2.24) is 0 Å². The largest absolute Gasteiger partial charge is 0.207 e. The van der Waals surface area contributed by atoms with E-state index in [1.807, 2.05) is 0 Å². The average Bonchev–Trinajstić information content (AvgIpc) is 2.48. The third-order valence-corrected chi connectivity index (χ3v) is 5.88. The van der Waals surface area contributed by atoms with Crippen molar-refractivity contribution in [1.29, 1.82) is 0 Å². The van der Waals surface area contributed by atoms with E-state index in [0.29, 0.717) is 33.2 Å². The van der Waals surface area contributed by atoms with Crippen molar-refractivity contribution in [2.24, 2.45) is 0 Å². The SMILES string of the molecule is Fc1cc(Cl)ccc1CC(CBr)(CBr)c1ccccc1F. The van der Waals surface area contributed by atoms with E-state index in [9.17, 15) is 8.78 Å². The monoisotopic (exact) mass is 436 g/mol. The Morgan fingerprint density at radius 3 is 2.19 bits per heavy atom. The predicted molar refractivity (Wildman–Crippen MR) is 90.8 cm³/mol. The van der Waals surface area contributed by atoms with Crippen LogP contribution in [0.5, 0.6) is 0 Å². The molecule has 0 fully saturated rings. The molecule has 2 aromatic carbocycles. The summed E-state index contributed by atoms with van der Waals surface area (Å²) in [5, 5.41) is 1.37. The Labute approximate surface area is 144 Å². The Kier molecular flexibility index (Phi) is 5.81. The van der Waals surface area contributed by atoms with Gasteiger partial charge in [0.1, 0.15) is 11.6 Å². The van der Waals surface area contributed by atoms with Crippen LogP contribution in [0.4, 0.5) is 8.78 Å². The standard InChI is InChI=1S/C16H13Br2ClF2/c17-9-16(10-18,13-3-1-2-4-14(13)20)8-11-5-6-12(19)7-15(11)21/h1-7H,8-10H2. The maximum absolute atomic E-state index is 14.2. The maximum Gasteiger partial charge on any atom is 0.127 e. The molecule has 0 unspecified atom stereocenters. The summed E-state index contributed by atoms with van der Waals surface area (Å²) in [5.41, 5.74) is 0.509. The van der Waals surface area contributed by atoms with Gasteiger partial charge in [-0.3, -0.25) is 0 Å². The zero-order valence-corrected chi connectivity index (χ0v) is 15.0. The third-order valence-electron chi connectivity index (χ3n) is 3.50. The van der Waals surface area contributed by atoms with Crippen molar-refractivity contribution < 1.29 is 8.78 Å². The topological polar surface area (TPSA) is 0 Å². The Morgan fingerprint density at radius 2 is 1.62 bits per heavy atom. The maximum atomic E-state index is 14.2. The van der Waals surface area contributed by atoms with Gasteiger partial charge in [-0.2, -0.15) is 0 Å². The zero-order valence-electron chi connectivity index (χ0n) is 11.1. The molecule has 0 atom stereocenters. The first kappa shape index (κ1) is 16.9. The van der Waals surface area contributed by atoms with Gasteiger partial charge in [-0.1, -0.05) is 67.7 Å². The summed E-state index contributed by atoms with van der Waals surface area (Å²) in [4.78, 5) is 0. The Hall–Kier alpha value is -0.450. The van der Waals surface area contributed by atoms with Gasteiger partial charge in [0.25, 0.3) is 0 Å². The third kappa shape index (κ3) is 3.66. The molecule has 0 nitrogen and oxygen atoms in total. The van der Waals surface area contributed by atoms with Crippen molar-refractivity contribution in [2.75, 3.05) is 10.7 Å². The zero-order chi connectivity index (χ0) is 15.5. The van der Waals surface area contributed by atoms with Gasteiger partial charge in [0.15, 0.2) is 0 Å². The van der Waals surface area contributed by atoms with Crippen LogP contribution < -0.4 is 0 Å². The number of alkyl halides is 2. The van der Waals surface area contributed by atoms with Crippen molar-refractivity contribution in [3.63, 3.8) is 0 Å². The fraction of sp³-hybridized carbons (Fsp3) is 0.250. The van der Waals surface area contributed by atoms with Crippen LogP contribution >= 0.6 is 43.5 Å². The first-order chi connectivity index (χ1) is 10.0. The number of rotatable bonds is 5. The molecule has 0 aliphatic rings. The van der Waals surface area contributed by atoms with Gasteiger partial charge in [-0.05, 0) is 35.7 Å². The second-order valence-electron chi connectivity index (χ2n) is 4.94. The van der Waals surface area contributed by atoms with Gasteiger partial charge in [0.05, 0.1) is 0 Å². The number of hydrogen-bond acceptors (Lipinski definition) is 0. The molecule has 21 heavy (non-hydrogen) atoms. The van der Waals surface area contributed by atoms with Crippen LogP contribution in [0.1, 0.15) is 11.1 Å².